The molecule has 3 aromatic heterocycles. The number of carbonyl (C=O) groups is 1. The third-order valence-corrected chi connectivity index (χ3v) is 4.77. The summed E-state index contributed by atoms with van der Waals surface area (Å²) in [5, 5.41) is 8.41. The predicted molar refractivity (Wildman–Crippen MR) is 92.7 cm³/mol. The van der Waals surface area contributed by atoms with E-state index < -0.39 is 0 Å². The van der Waals surface area contributed by atoms with Gasteiger partial charge in [0.05, 0.1) is 11.8 Å². The number of anilines is 1. The van der Waals surface area contributed by atoms with E-state index in [9.17, 15) is 4.79 Å². The number of hydrogen-bond donors (Lipinski definition) is 0. The Morgan fingerprint density at radius 1 is 1.36 bits per heavy atom. The highest BCUT2D eigenvalue weighted by Crippen LogP contribution is 2.28. The average Bonchev–Trinajstić information content (AvgIpc) is 3.33. The molecule has 8 nitrogen and oxygen atoms in total. The molecule has 0 unspecified atom stereocenters. The van der Waals surface area contributed by atoms with Gasteiger partial charge in [0, 0.05) is 44.0 Å². The molecule has 4 heterocycles. The molecule has 1 aliphatic heterocycles. The van der Waals surface area contributed by atoms with E-state index in [1.807, 2.05) is 7.05 Å². The number of ketones is 1. The first-order valence-electron chi connectivity index (χ1n) is 8.64. The molecule has 3 aromatic rings. The lowest BCUT2D eigenvalue weighted by atomic mass is 10.0. The van der Waals surface area contributed by atoms with Crippen LogP contribution in [0.5, 0.6) is 0 Å². The second kappa shape index (κ2) is 6.27. The topological polar surface area (TPSA) is 81.2 Å². The molecule has 0 bridgehead atoms. The zero-order valence-electron chi connectivity index (χ0n) is 14.5. The number of nitrogens with zero attached hydrogens (tertiary/aromatic N) is 7. The van der Waals surface area contributed by atoms with E-state index in [0.29, 0.717) is 17.8 Å². The molecule has 25 heavy (non-hydrogen) atoms. The molecule has 1 aliphatic rings. The van der Waals surface area contributed by atoms with Crippen molar-refractivity contribution in [2.75, 3.05) is 11.4 Å². The number of aryl methyl sites for hydroxylation is 2. The largest absolute Gasteiger partial charge is 0.353 e. The summed E-state index contributed by atoms with van der Waals surface area (Å²) in [5.74, 6) is 1.71. The molecule has 0 amide bonds. The molecule has 1 fully saturated rings. The summed E-state index contributed by atoms with van der Waals surface area (Å²) in [6, 6.07) is 2.22. The molecule has 0 aliphatic carbocycles. The van der Waals surface area contributed by atoms with Crippen LogP contribution in [0.1, 0.15) is 42.2 Å². The summed E-state index contributed by atoms with van der Waals surface area (Å²) in [4.78, 5) is 23.6. The molecule has 8 heteroatoms. The monoisotopic (exact) mass is 339 g/mol. The number of hydrogen-bond acceptors (Lipinski definition) is 6. The molecular formula is C17H21N7O. The van der Waals surface area contributed by atoms with Crippen molar-refractivity contribution in [3.63, 3.8) is 0 Å². The summed E-state index contributed by atoms with van der Waals surface area (Å²) in [5.41, 5.74) is 1.66. The van der Waals surface area contributed by atoms with Gasteiger partial charge in [0.15, 0.2) is 5.78 Å². The minimum Gasteiger partial charge on any atom is -0.353 e. The molecule has 0 N–H and O–H groups in total. The van der Waals surface area contributed by atoms with Crippen LogP contribution in [-0.2, 0) is 13.5 Å². The summed E-state index contributed by atoms with van der Waals surface area (Å²) in [7, 11) is 1.82. The SMILES string of the molecule is CCc1cc(N2CCC[C@H]2CC(=O)c2cnn(C)c2)n2ncnc2n1. The van der Waals surface area contributed by atoms with Crippen LogP contribution in [0.4, 0.5) is 5.82 Å². The Morgan fingerprint density at radius 2 is 2.24 bits per heavy atom. The quantitative estimate of drug-likeness (QED) is 0.658. The third-order valence-electron chi connectivity index (χ3n) is 4.77. The molecule has 4 rings (SSSR count). The summed E-state index contributed by atoms with van der Waals surface area (Å²) >= 11 is 0. The highest BCUT2D eigenvalue weighted by Gasteiger charge is 2.29. The van der Waals surface area contributed by atoms with Crippen molar-refractivity contribution < 1.29 is 4.79 Å². The molecule has 0 radical (unpaired) electrons. The molecule has 0 aromatic carbocycles. The number of rotatable bonds is 5. The zero-order valence-corrected chi connectivity index (χ0v) is 14.5. The number of aromatic nitrogens is 6. The van der Waals surface area contributed by atoms with Gasteiger partial charge in [-0.15, -0.1) is 0 Å². The minimum atomic E-state index is 0.129. The van der Waals surface area contributed by atoms with Crippen molar-refractivity contribution >= 4 is 17.4 Å². The Morgan fingerprint density at radius 3 is 3.00 bits per heavy atom. The van der Waals surface area contributed by atoms with Gasteiger partial charge < -0.3 is 4.90 Å². The lowest BCUT2D eigenvalue weighted by Crippen LogP contribution is -2.33. The highest BCUT2D eigenvalue weighted by molar-refractivity contribution is 5.96. The highest BCUT2D eigenvalue weighted by atomic mass is 16.1. The van der Waals surface area contributed by atoms with Crippen LogP contribution >= 0.6 is 0 Å². The van der Waals surface area contributed by atoms with Crippen molar-refractivity contribution in [3.8, 4) is 0 Å². The number of Topliss-reactive ketones (excluding diaryl/α,β-unsaturated/α-hetero) is 1. The Balaban J connectivity index is 1.63. The van der Waals surface area contributed by atoms with Crippen LogP contribution < -0.4 is 4.90 Å². The first kappa shape index (κ1) is 15.7. The second-order valence-corrected chi connectivity index (χ2v) is 6.45. The lowest BCUT2D eigenvalue weighted by molar-refractivity contribution is 0.0974. The van der Waals surface area contributed by atoms with Crippen molar-refractivity contribution in [1.82, 2.24) is 29.4 Å². The van der Waals surface area contributed by atoms with E-state index in [1.165, 1.54) is 6.33 Å². The van der Waals surface area contributed by atoms with Crippen LogP contribution in [0.15, 0.2) is 24.8 Å². The van der Waals surface area contributed by atoms with Crippen LogP contribution in [0, 0.1) is 0 Å². The second-order valence-electron chi connectivity index (χ2n) is 6.45. The maximum absolute atomic E-state index is 12.6. The van der Waals surface area contributed by atoms with Gasteiger partial charge in [-0.3, -0.25) is 9.48 Å². The first-order valence-corrected chi connectivity index (χ1v) is 8.64. The van der Waals surface area contributed by atoms with Crippen LogP contribution in [0.25, 0.3) is 5.78 Å². The summed E-state index contributed by atoms with van der Waals surface area (Å²) in [6.07, 6.45) is 8.31. The predicted octanol–water partition coefficient (Wildman–Crippen LogP) is 1.66. The van der Waals surface area contributed by atoms with E-state index >= 15 is 0 Å². The van der Waals surface area contributed by atoms with Gasteiger partial charge in [0.2, 0.25) is 0 Å². The van der Waals surface area contributed by atoms with E-state index in [0.717, 1.165) is 37.3 Å². The fraction of sp³-hybridized carbons (Fsp3) is 0.471. The van der Waals surface area contributed by atoms with Crippen molar-refractivity contribution in [2.24, 2.45) is 7.05 Å². The summed E-state index contributed by atoms with van der Waals surface area (Å²) < 4.78 is 3.43. The van der Waals surface area contributed by atoms with Gasteiger partial charge in [-0.05, 0) is 19.3 Å². The van der Waals surface area contributed by atoms with Gasteiger partial charge in [0.25, 0.3) is 5.78 Å². The summed E-state index contributed by atoms with van der Waals surface area (Å²) in [6.45, 7) is 2.99. The molecule has 1 atom stereocenters. The Labute approximate surface area is 145 Å². The normalized spacial score (nSPS) is 17.5. The zero-order chi connectivity index (χ0) is 17.4. The smallest absolute Gasteiger partial charge is 0.254 e. The van der Waals surface area contributed by atoms with Gasteiger partial charge in [-0.2, -0.15) is 19.7 Å². The van der Waals surface area contributed by atoms with Gasteiger partial charge in [0.1, 0.15) is 12.1 Å². The van der Waals surface area contributed by atoms with Crippen LogP contribution in [0.3, 0.4) is 0 Å². The Hall–Kier alpha value is -2.77. The van der Waals surface area contributed by atoms with E-state index in [2.05, 4.69) is 38.1 Å². The molecule has 0 spiro atoms. The Kier molecular flexibility index (Phi) is 3.95. The van der Waals surface area contributed by atoms with Gasteiger partial charge >= 0.3 is 0 Å². The van der Waals surface area contributed by atoms with Gasteiger partial charge in [-0.25, -0.2) is 4.98 Å². The van der Waals surface area contributed by atoms with E-state index in [-0.39, 0.29) is 11.8 Å². The Bertz CT molecular complexity index is 913. The van der Waals surface area contributed by atoms with Crippen LogP contribution in [-0.4, -0.2) is 47.7 Å². The molecule has 0 saturated carbocycles. The fourth-order valence-corrected chi connectivity index (χ4v) is 3.48. The van der Waals surface area contributed by atoms with Crippen LogP contribution in [0.2, 0.25) is 0 Å². The number of fused-ring (bicyclic) bond motifs is 1. The van der Waals surface area contributed by atoms with E-state index in [4.69, 9.17) is 0 Å². The standard InChI is InChI=1S/C17H21N7O/c1-3-13-7-16(24-17(21-13)18-11-20-24)23-6-4-5-14(23)8-15(25)12-9-19-22(2)10-12/h7,9-11,14H,3-6,8H2,1-2H3/t14-/m0/s1. The van der Waals surface area contributed by atoms with Crippen molar-refractivity contribution in [1.29, 1.82) is 0 Å². The third kappa shape index (κ3) is 2.88. The van der Waals surface area contributed by atoms with Crippen molar-refractivity contribution in [3.05, 3.63) is 36.0 Å². The lowest BCUT2D eigenvalue weighted by Gasteiger charge is -2.26. The maximum Gasteiger partial charge on any atom is 0.254 e. The number of carbonyl (C=O) groups excluding carboxylic acids is 1. The molecule has 1 saturated heterocycles. The maximum atomic E-state index is 12.6. The molecule has 130 valence electrons. The minimum absolute atomic E-state index is 0.129. The van der Waals surface area contributed by atoms with Crippen molar-refractivity contribution in [2.45, 2.75) is 38.6 Å². The average molecular weight is 339 g/mol. The fourth-order valence-electron chi connectivity index (χ4n) is 3.48. The first-order chi connectivity index (χ1) is 12.2. The van der Waals surface area contributed by atoms with Gasteiger partial charge in [-0.1, -0.05) is 6.92 Å². The molecular weight excluding hydrogens is 318 g/mol. The van der Waals surface area contributed by atoms with E-state index in [1.54, 1.807) is 21.6 Å².